The van der Waals surface area contributed by atoms with Crippen molar-refractivity contribution >= 4 is 29.1 Å². The van der Waals surface area contributed by atoms with E-state index >= 15 is 0 Å². The number of amides is 2. The van der Waals surface area contributed by atoms with Crippen LogP contribution in [0.2, 0.25) is 0 Å². The van der Waals surface area contributed by atoms with Gasteiger partial charge < -0.3 is 15.7 Å². The van der Waals surface area contributed by atoms with Crippen molar-refractivity contribution < 1.29 is 19.5 Å². The maximum atomic E-state index is 11.4. The van der Waals surface area contributed by atoms with Crippen molar-refractivity contribution in [3.05, 3.63) is 21.9 Å². The molecule has 1 aromatic heterocycles. The van der Waals surface area contributed by atoms with Crippen LogP contribution >= 0.6 is 11.3 Å². The van der Waals surface area contributed by atoms with Crippen LogP contribution < -0.4 is 10.6 Å². The van der Waals surface area contributed by atoms with Crippen LogP contribution in [-0.2, 0) is 16.1 Å². The molecule has 0 saturated carbocycles. The summed E-state index contributed by atoms with van der Waals surface area (Å²) in [5, 5.41) is 13.9. The van der Waals surface area contributed by atoms with Crippen LogP contribution in [0.1, 0.15) is 34.3 Å². The molecule has 7 heteroatoms. The predicted octanol–water partition coefficient (Wildman–Crippen LogP) is 0.979. The first kappa shape index (κ1) is 15.2. The first-order chi connectivity index (χ1) is 9.02. The summed E-state index contributed by atoms with van der Waals surface area (Å²) in [6.07, 6.45) is 1.14. The zero-order valence-electron chi connectivity index (χ0n) is 10.6. The lowest BCUT2D eigenvalue weighted by atomic mass is 10.3. The number of rotatable bonds is 7. The molecule has 0 atom stereocenters. The lowest BCUT2D eigenvalue weighted by molar-refractivity contribution is -0.126. The van der Waals surface area contributed by atoms with E-state index in [1.165, 1.54) is 6.07 Å². The van der Waals surface area contributed by atoms with Gasteiger partial charge in [-0.25, -0.2) is 4.79 Å². The molecule has 0 fully saturated rings. The summed E-state index contributed by atoms with van der Waals surface area (Å²) in [5.41, 5.74) is 0. The van der Waals surface area contributed by atoms with Crippen molar-refractivity contribution in [2.45, 2.75) is 26.3 Å². The van der Waals surface area contributed by atoms with Gasteiger partial charge in [0.2, 0.25) is 11.8 Å². The number of thiophene rings is 1. The summed E-state index contributed by atoms with van der Waals surface area (Å²) in [6.45, 7) is 2.09. The zero-order chi connectivity index (χ0) is 14.3. The van der Waals surface area contributed by atoms with Crippen molar-refractivity contribution in [1.29, 1.82) is 0 Å². The Morgan fingerprint density at radius 2 is 1.95 bits per heavy atom. The van der Waals surface area contributed by atoms with Gasteiger partial charge in [0.1, 0.15) is 4.88 Å². The number of carboxylic acids is 1. The van der Waals surface area contributed by atoms with E-state index in [1.807, 2.05) is 6.92 Å². The topological polar surface area (TPSA) is 95.5 Å². The Balaban J connectivity index is 2.29. The number of nitrogens with one attached hydrogen (secondary N) is 2. The highest BCUT2D eigenvalue weighted by Gasteiger charge is 2.08. The second kappa shape index (κ2) is 7.52. The number of carboxylic acid groups (broad SMARTS) is 1. The molecule has 0 unspecified atom stereocenters. The molecule has 0 aliphatic carbocycles. The van der Waals surface area contributed by atoms with Crippen molar-refractivity contribution in [3.8, 4) is 0 Å². The number of hydrogen-bond donors (Lipinski definition) is 3. The van der Waals surface area contributed by atoms with E-state index in [2.05, 4.69) is 10.6 Å². The Morgan fingerprint density at radius 3 is 2.53 bits per heavy atom. The number of carbonyl (C=O) groups excluding carboxylic acids is 2. The Morgan fingerprint density at radius 1 is 1.21 bits per heavy atom. The van der Waals surface area contributed by atoms with Crippen molar-refractivity contribution in [1.82, 2.24) is 10.6 Å². The summed E-state index contributed by atoms with van der Waals surface area (Å²) in [6, 6.07) is 3.15. The highest BCUT2D eigenvalue weighted by atomic mass is 32.1. The minimum Gasteiger partial charge on any atom is -0.477 e. The van der Waals surface area contributed by atoms with E-state index in [9.17, 15) is 14.4 Å². The summed E-state index contributed by atoms with van der Waals surface area (Å²) >= 11 is 1.11. The zero-order valence-corrected chi connectivity index (χ0v) is 11.4. The van der Waals surface area contributed by atoms with Crippen molar-refractivity contribution in [3.63, 3.8) is 0 Å². The van der Waals surface area contributed by atoms with Gasteiger partial charge in [0.05, 0.1) is 13.1 Å². The van der Waals surface area contributed by atoms with Gasteiger partial charge in [0, 0.05) is 11.3 Å². The molecule has 0 aromatic carbocycles. The van der Waals surface area contributed by atoms with Gasteiger partial charge >= 0.3 is 5.97 Å². The molecule has 0 saturated heterocycles. The Kier molecular flexibility index (Phi) is 6.01. The number of aromatic carboxylic acids is 1. The smallest absolute Gasteiger partial charge is 0.345 e. The van der Waals surface area contributed by atoms with Gasteiger partial charge in [-0.2, -0.15) is 0 Å². The number of carbonyl (C=O) groups is 3. The molecule has 1 aromatic rings. The highest BCUT2D eigenvalue weighted by Crippen LogP contribution is 2.15. The van der Waals surface area contributed by atoms with Gasteiger partial charge in [-0.1, -0.05) is 6.92 Å². The fourth-order valence-corrected chi connectivity index (χ4v) is 2.12. The molecule has 104 valence electrons. The minimum absolute atomic E-state index is 0.0595. The number of hydrogen-bond acceptors (Lipinski definition) is 4. The average molecular weight is 284 g/mol. The lowest BCUT2D eigenvalue weighted by Crippen LogP contribution is -2.36. The molecular formula is C12H16N2O4S. The third-order valence-electron chi connectivity index (χ3n) is 2.26. The van der Waals surface area contributed by atoms with Crippen molar-refractivity contribution in [2.24, 2.45) is 0 Å². The van der Waals surface area contributed by atoms with Gasteiger partial charge in [-0.3, -0.25) is 9.59 Å². The molecule has 2 amide bonds. The first-order valence-corrected chi connectivity index (χ1v) is 6.70. The fourth-order valence-electron chi connectivity index (χ4n) is 1.33. The van der Waals surface area contributed by atoms with E-state index in [0.29, 0.717) is 6.42 Å². The van der Waals surface area contributed by atoms with Crippen LogP contribution in [0.3, 0.4) is 0 Å². The first-order valence-electron chi connectivity index (χ1n) is 5.88. The summed E-state index contributed by atoms with van der Waals surface area (Å²) in [4.78, 5) is 34.2. The molecule has 19 heavy (non-hydrogen) atoms. The summed E-state index contributed by atoms with van der Waals surface area (Å²) in [7, 11) is 0. The normalized spacial score (nSPS) is 9.95. The van der Waals surface area contributed by atoms with Crippen molar-refractivity contribution in [2.75, 3.05) is 6.54 Å². The molecule has 1 heterocycles. The molecule has 0 aliphatic heterocycles. The van der Waals surface area contributed by atoms with Crippen LogP contribution in [0.25, 0.3) is 0 Å². The molecule has 3 N–H and O–H groups in total. The quantitative estimate of drug-likeness (QED) is 0.695. The van der Waals surface area contributed by atoms with Crippen LogP contribution in [0.4, 0.5) is 0 Å². The molecule has 0 aliphatic rings. The SMILES string of the molecule is CCCC(=O)NCC(=O)NCc1ccc(C(=O)O)s1. The lowest BCUT2D eigenvalue weighted by Gasteiger charge is -2.05. The van der Waals surface area contributed by atoms with Crippen LogP contribution in [-0.4, -0.2) is 29.4 Å². The van der Waals surface area contributed by atoms with Crippen LogP contribution in [0, 0.1) is 0 Å². The third kappa shape index (κ3) is 5.52. The highest BCUT2D eigenvalue weighted by molar-refractivity contribution is 7.13. The fraction of sp³-hybridized carbons (Fsp3) is 0.417. The molecule has 1 rings (SSSR count). The van der Waals surface area contributed by atoms with E-state index in [4.69, 9.17) is 5.11 Å². The minimum atomic E-state index is -0.977. The Labute approximate surface area is 114 Å². The molecule has 6 nitrogen and oxygen atoms in total. The summed E-state index contributed by atoms with van der Waals surface area (Å²) in [5.74, 6) is -1.42. The largest absolute Gasteiger partial charge is 0.477 e. The van der Waals surface area contributed by atoms with Gasteiger partial charge in [0.25, 0.3) is 0 Å². The van der Waals surface area contributed by atoms with E-state index in [0.717, 1.165) is 22.6 Å². The molecule has 0 radical (unpaired) electrons. The standard InChI is InChI=1S/C12H16N2O4S/c1-2-3-10(15)14-7-11(16)13-6-8-4-5-9(19-8)12(17)18/h4-5H,2-3,6-7H2,1H3,(H,13,16)(H,14,15)(H,17,18). The average Bonchev–Trinajstić information content (AvgIpc) is 2.83. The van der Waals surface area contributed by atoms with E-state index in [1.54, 1.807) is 6.07 Å². The maximum absolute atomic E-state index is 11.4. The van der Waals surface area contributed by atoms with E-state index < -0.39 is 5.97 Å². The predicted molar refractivity (Wildman–Crippen MR) is 71.0 cm³/mol. The van der Waals surface area contributed by atoms with E-state index in [-0.39, 0.29) is 29.8 Å². The second-order valence-corrected chi connectivity index (χ2v) is 5.04. The Hall–Kier alpha value is -1.89. The van der Waals surface area contributed by atoms with Gasteiger partial charge in [0.15, 0.2) is 0 Å². The second-order valence-electron chi connectivity index (χ2n) is 3.87. The van der Waals surface area contributed by atoms with Gasteiger partial charge in [-0.15, -0.1) is 11.3 Å². The third-order valence-corrected chi connectivity index (χ3v) is 3.33. The molecule has 0 bridgehead atoms. The summed E-state index contributed by atoms with van der Waals surface area (Å²) < 4.78 is 0. The molecule has 0 spiro atoms. The monoisotopic (exact) mass is 284 g/mol. The van der Waals surface area contributed by atoms with Gasteiger partial charge in [-0.05, 0) is 18.6 Å². The Bertz CT molecular complexity index is 470. The van der Waals surface area contributed by atoms with Crippen LogP contribution in [0.15, 0.2) is 12.1 Å². The maximum Gasteiger partial charge on any atom is 0.345 e. The van der Waals surface area contributed by atoms with Crippen LogP contribution in [0.5, 0.6) is 0 Å². The molecular weight excluding hydrogens is 268 g/mol.